The molecule has 0 bridgehead atoms. The van der Waals surface area contributed by atoms with E-state index in [1.807, 2.05) is 12.1 Å². The standard InChI is InChI=1S/C19H30N4O3/c1-19(2,23-11-9-22(10-12-23)18(25)26)16-5-7-21(8-6-16)17-4-3-15(14-24)13-20-17/h3-4,13,16,24H,5-12,14H2,1-2H3,(H,25,26). The molecule has 0 unspecified atom stereocenters. The van der Waals surface area contributed by atoms with Crippen LogP contribution in [0.25, 0.3) is 0 Å². The zero-order chi connectivity index (χ0) is 18.7. The molecule has 1 aromatic heterocycles. The summed E-state index contributed by atoms with van der Waals surface area (Å²) in [6.07, 6.45) is 3.15. The van der Waals surface area contributed by atoms with Crippen molar-refractivity contribution in [3.63, 3.8) is 0 Å². The fourth-order valence-electron chi connectivity index (χ4n) is 4.24. The molecule has 2 aliphatic heterocycles. The zero-order valence-electron chi connectivity index (χ0n) is 15.8. The first-order valence-electron chi connectivity index (χ1n) is 9.45. The van der Waals surface area contributed by atoms with Crippen LogP contribution in [-0.4, -0.2) is 75.9 Å². The summed E-state index contributed by atoms with van der Waals surface area (Å²) in [7, 11) is 0. The quantitative estimate of drug-likeness (QED) is 0.851. The third-order valence-electron chi connectivity index (χ3n) is 6.17. The van der Waals surface area contributed by atoms with Crippen LogP contribution in [0.2, 0.25) is 0 Å². The van der Waals surface area contributed by atoms with E-state index in [1.165, 1.54) is 4.90 Å². The highest BCUT2D eigenvalue weighted by molar-refractivity contribution is 5.65. The molecule has 0 spiro atoms. The van der Waals surface area contributed by atoms with Crippen molar-refractivity contribution in [2.45, 2.75) is 38.8 Å². The van der Waals surface area contributed by atoms with Gasteiger partial charge in [-0.25, -0.2) is 9.78 Å². The lowest BCUT2D eigenvalue weighted by Gasteiger charge is -2.49. The third kappa shape index (κ3) is 3.94. The Hall–Kier alpha value is -1.86. The summed E-state index contributed by atoms with van der Waals surface area (Å²) in [5.41, 5.74) is 0.912. The Morgan fingerprint density at radius 2 is 1.81 bits per heavy atom. The van der Waals surface area contributed by atoms with Gasteiger partial charge in [0, 0.05) is 51.0 Å². The van der Waals surface area contributed by atoms with Gasteiger partial charge < -0.3 is 20.0 Å². The highest BCUT2D eigenvalue weighted by Gasteiger charge is 2.39. The molecular weight excluding hydrogens is 332 g/mol. The van der Waals surface area contributed by atoms with E-state index in [1.54, 1.807) is 6.20 Å². The Morgan fingerprint density at radius 3 is 2.31 bits per heavy atom. The molecular formula is C19H30N4O3. The number of carbonyl (C=O) groups is 1. The Morgan fingerprint density at radius 1 is 1.15 bits per heavy atom. The van der Waals surface area contributed by atoms with Crippen molar-refractivity contribution >= 4 is 11.9 Å². The molecule has 0 atom stereocenters. The second-order valence-electron chi connectivity index (χ2n) is 7.85. The van der Waals surface area contributed by atoms with E-state index in [0.717, 1.165) is 50.4 Å². The van der Waals surface area contributed by atoms with Crippen LogP contribution in [0, 0.1) is 5.92 Å². The van der Waals surface area contributed by atoms with E-state index in [-0.39, 0.29) is 12.1 Å². The summed E-state index contributed by atoms with van der Waals surface area (Å²) in [6, 6.07) is 3.92. The van der Waals surface area contributed by atoms with Crippen LogP contribution in [0.4, 0.5) is 10.6 Å². The number of nitrogens with zero attached hydrogens (tertiary/aromatic N) is 4. The van der Waals surface area contributed by atoms with Gasteiger partial charge in [-0.3, -0.25) is 4.90 Å². The molecule has 0 aromatic carbocycles. The average molecular weight is 362 g/mol. The molecule has 1 amide bonds. The molecule has 26 heavy (non-hydrogen) atoms. The number of piperidine rings is 1. The van der Waals surface area contributed by atoms with Crippen LogP contribution >= 0.6 is 0 Å². The van der Waals surface area contributed by atoms with Crippen LogP contribution in [0.3, 0.4) is 0 Å². The largest absolute Gasteiger partial charge is 0.465 e. The van der Waals surface area contributed by atoms with Gasteiger partial charge in [0.15, 0.2) is 0 Å². The van der Waals surface area contributed by atoms with Gasteiger partial charge in [-0.2, -0.15) is 0 Å². The van der Waals surface area contributed by atoms with Gasteiger partial charge in [0.2, 0.25) is 0 Å². The first kappa shape index (κ1) is 18.9. The highest BCUT2D eigenvalue weighted by atomic mass is 16.4. The summed E-state index contributed by atoms with van der Waals surface area (Å²) in [6.45, 7) is 9.41. The number of rotatable bonds is 4. The number of aromatic nitrogens is 1. The molecule has 2 N–H and O–H groups in total. The second kappa shape index (κ2) is 7.80. The minimum Gasteiger partial charge on any atom is -0.465 e. The number of pyridine rings is 1. The van der Waals surface area contributed by atoms with Gasteiger partial charge >= 0.3 is 6.09 Å². The summed E-state index contributed by atoms with van der Waals surface area (Å²) in [4.78, 5) is 21.9. The Balaban J connectivity index is 1.55. The smallest absolute Gasteiger partial charge is 0.407 e. The van der Waals surface area contributed by atoms with Gasteiger partial charge in [-0.1, -0.05) is 6.07 Å². The number of hydrogen-bond donors (Lipinski definition) is 2. The van der Waals surface area contributed by atoms with E-state index in [2.05, 4.69) is 28.6 Å². The summed E-state index contributed by atoms with van der Waals surface area (Å²) < 4.78 is 0. The van der Waals surface area contributed by atoms with Crippen LogP contribution in [0.15, 0.2) is 18.3 Å². The summed E-state index contributed by atoms with van der Waals surface area (Å²) in [5, 5.41) is 18.3. The minimum absolute atomic E-state index is 0.0265. The SMILES string of the molecule is CC(C)(C1CCN(c2ccc(CO)cn2)CC1)N1CCN(C(=O)O)CC1. The molecule has 0 saturated carbocycles. The van der Waals surface area contributed by atoms with Crippen molar-refractivity contribution in [3.05, 3.63) is 23.9 Å². The fraction of sp³-hybridized carbons (Fsp3) is 0.684. The molecule has 2 fully saturated rings. The van der Waals surface area contributed by atoms with E-state index < -0.39 is 6.09 Å². The molecule has 1 aromatic rings. The predicted octanol–water partition coefficient (Wildman–Crippen LogP) is 1.86. The van der Waals surface area contributed by atoms with E-state index in [0.29, 0.717) is 19.0 Å². The predicted molar refractivity (Wildman–Crippen MR) is 100 cm³/mol. The molecule has 3 rings (SSSR count). The molecule has 0 radical (unpaired) electrons. The fourth-order valence-corrected chi connectivity index (χ4v) is 4.24. The Kier molecular flexibility index (Phi) is 5.67. The molecule has 7 nitrogen and oxygen atoms in total. The van der Waals surface area contributed by atoms with Crippen molar-refractivity contribution in [2.75, 3.05) is 44.2 Å². The van der Waals surface area contributed by atoms with Crippen molar-refractivity contribution in [2.24, 2.45) is 5.92 Å². The maximum atomic E-state index is 11.1. The van der Waals surface area contributed by atoms with E-state index in [4.69, 9.17) is 10.2 Å². The maximum absolute atomic E-state index is 11.1. The highest BCUT2D eigenvalue weighted by Crippen LogP contribution is 2.34. The first-order valence-corrected chi connectivity index (χ1v) is 9.45. The van der Waals surface area contributed by atoms with Crippen molar-refractivity contribution in [1.82, 2.24) is 14.8 Å². The Bertz CT molecular complexity index is 604. The number of aliphatic hydroxyl groups is 1. The van der Waals surface area contributed by atoms with E-state index in [9.17, 15) is 4.79 Å². The number of piperazine rings is 1. The van der Waals surface area contributed by atoms with Crippen molar-refractivity contribution < 1.29 is 15.0 Å². The lowest BCUT2D eigenvalue weighted by Crippen LogP contribution is -2.59. The van der Waals surface area contributed by atoms with Gasteiger partial charge in [0.25, 0.3) is 0 Å². The number of amides is 1. The average Bonchev–Trinajstić information content (AvgIpc) is 2.68. The lowest BCUT2D eigenvalue weighted by atomic mass is 9.78. The number of hydrogen-bond acceptors (Lipinski definition) is 5. The van der Waals surface area contributed by atoms with Crippen LogP contribution in [0.5, 0.6) is 0 Å². The van der Waals surface area contributed by atoms with Crippen molar-refractivity contribution in [1.29, 1.82) is 0 Å². The minimum atomic E-state index is -0.810. The van der Waals surface area contributed by atoms with Crippen LogP contribution in [0.1, 0.15) is 32.3 Å². The topological polar surface area (TPSA) is 80.1 Å². The normalized spacial score (nSPS) is 20.4. The van der Waals surface area contributed by atoms with Crippen LogP contribution < -0.4 is 4.90 Å². The van der Waals surface area contributed by atoms with Gasteiger partial charge in [0.1, 0.15) is 5.82 Å². The first-order chi connectivity index (χ1) is 12.4. The van der Waals surface area contributed by atoms with Crippen molar-refractivity contribution in [3.8, 4) is 0 Å². The molecule has 2 saturated heterocycles. The monoisotopic (exact) mass is 362 g/mol. The molecule has 7 heteroatoms. The number of carboxylic acid groups (broad SMARTS) is 1. The molecule has 3 heterocycles. The lowest BCUT2D eigenvalue weighted by molar-refractivity contribution is 0.0114. The third-order valence-corrected chi connectivity index (χ3v) is 6.17. The zero-order valence-corrected chi connectivity index (χ0v) is 15.8. The van der Waals surface area contributed by atoms with E-state index >= 15 is 0 Å². The number of aliphatic hydroxyl groups excluding tert-OH is 1. The number of anilines is 1. The summed E-state index contributed by atoms with van der Waals surface area (Å²) in [5.74, 6) is 1.57. The summed E-state index contributed by atoms with van der Waals surface area (Å²) >= 11 is 0. The Labute approximate surface area is 155 Å². The maximum Gasteiger partial charge on any atom is 0.407 e. The van der Waals surface area contributed by atoms with Gasteiger partial charge in [0.05, 0.1) is 6.61 Å². The second-order valence-corrected chi connectivity index (χ2v) is 7.85. The molecule has 144 valence electrons. The van der Waals surface area contributed by atoms with Gasteiger partial charge in [-0.15, -0.1) is 0 Å². The van der Waals surface area contributed by atoms with Gasteiger partial charge in [-0.05, 0) is 44.2 Å². The molecule has 2 aliphatic rings. The molecule has 0 aliphatic carbocycles. The van der Waals surface area contributed by atoms with Crippen LogP contribution in [-0.2, 0) is 6.61 Å².